The van der Waals surface area contributed by atoms with E-state index in [4.69, 9.17) is 4.74 Å². The van der Waals surface area contributed by atoms with Gasteiger partial charge in [-0.2, -0.15) is 0 Å². The van der Waals surface area contributed by atoms with Crippen LogP contribution in [-0.2, 0) is 4.79 Å². The summed E-state index contributed by atoms with van der Waals surface area (Å²) < 4.78 is 5.70. The highest BCUT2D eigenvalue weighted by Gasteiger charge is 2.15. The fourth-order valence-electron chi connectivity index (χ4n) is 1.70. The molecule has 1 aromatic rings. The van der Waals surface area contributed by atoms with E-state index >= 15 is 0 Å². The summed E-state index contributed by atoms with van der Waals surface area (Å²) in [5.74, 6) is 1.08. The van der Waals surface area contributed by atoms with Crippen LogP contribution in [0.4, 0.5) is 0 Å². The molecule has 0 radical (unpaired) electrons. The first-order valence-corrected chi connectivity index (χ1v) is 7.15. The average molecular weight is 278 g/mol. The van der Waals surface area contributed by atoms with E-state index in [1.54, 1.807) is 6.92 Å². The first kappa shape index (κ1) is 16.5. The predicted octanol–water partition coefficient (Wildman–Crippen LogP) is 2.30. The van der Waals surface area contributed by atoms with Gasteiger partial charge in [0, 0.05) is 12.6 Å². The van der Waals surface area contributed by atoms with Gasteiger partial charge in [0.1, 0.15) is 5.75 Å². The molecule has 0 heterocycles. The predicted molar refractivity (Wildman–Crippen MR) is 82.2 cm³/mol. The van der Waals surface area contributed by atoms with Crippen LogP contribution in [0.3, 0.4) is 0 Å². The Hall–Kier alpha value is -1.55. The summed E-state index contributed by atoms with van der Waals surface area (Å²) in [6.45, 7) is 8.64. The number of hydrogen-bond acceptors (Lipinski definition) is 3. The standard InChI is InChI=1S/C16H26N2O2/c1-11(2)14-7-6-8-15(9-14)20-13(4)16(19)18-10-12(3)17-5/h6-9,11-13,17H,10H2,1-5H3,(H,18,19). The zero-order valence-electron chi connectivity index (χ0n) is 13.1. The minimum absolute atomic E-state index is 0.0953. The van der Waals surface area contributed by atoms with Gasteiger partial charge >= 0.3 is 0 Å². The minimum atomic E-state index is -0.499. The molecule has 20 heavy (non-hydrogen) atoms. The van der Waals surface area contributed by atoms with Gasteiger partial charge in [0.15, 0.2) is 6.10 Å². The lowest BCUT2D eigenvalue weighted by molar-refractivity contribution is -0.127. The van der Waals surface area contributed by atoms with Gasteiger partial charge in [0.25, 0.3) is 5.91 Å². The van der Waals surface area contributed by atoms with Crippen molar-refractivity contribution >= 4 is 5.91 Å². The largest absolute Gasteiger partial charge is 0.481 e. The van der Waals surface area contributed by atoms with Gasteiger partial charge in [-0.05, 0) is 44.5 Å². The van der Waals surface area contributed by atoms with E-state index in [9.17, 15) is 4.79 Å². The Morgan fingerprint density at radius 1 is 1.25 bits per heavy atom. The van der Waals surface area contributed by atoms with E-state index in [1.807, 2.05) is 32.2 Å². The van der Waals surface area contributed by atoms with Crippen molar-refractivity contribution in [2.75, 3.05) is 13.6 Å². The molecule has 1 aromatic carbocycles. The second-order valence-electron chi connectivity index (χ2n) is 5.42. The van der Waals surface area contributed by atoms with Crippen LogP contribution >= 0.6 is 0 Å². The van der Waals surface area contributed by atoms with Gasteiger partial charge in [-0.1, -0.05) is 26.0 Å². The third kappa shape index (κ3) is 5.21. The molecule has 4 heteroatoms. The number of amides is 1. The highest BCUT2D eigenvalue weighted by molar-refractivity contribution is 5.80. The van der Waals surface area contributed by atoms with Crippen molar-refractivity contribution in [3.05, 3.63) is 29.8 Å². The van der Waals surface area contributed by atoms with Crippen molar-refractivity contribution < 1.29 is 9.53 Å². The lowest BCUT2D eigenvalue weighted by atomic mass is 10.0. The smallest absolute Gasteiger partial charge is 0.260 e. The summed E-state index contributed by atoms with van der Waals surface area (Å²) in [5, 5.41) is 5.94. The van der Waals surface area contributed by atoms with Crippen LogP contribution in [0.2, 0.25) is 0 Å². The molecule has 1 amide bonds. The molecule has 112 valence electrons. The third-order valence-corrected chi connectivity index (χ3v) is 3.28. The van der Waals surface area contributed by atoms with Crippen LogP contribution in [0.1, 0.15) is 39.2 Å². The number of rotatable bonds is 7. The fraction of sp³-hybridized carbons (Fsp3) is 0.562. The number of hydrogen-bond donors (Lipinski definition) is 2. The van der Waals surface area contributed by atoms with Crippen LogP contribution in [0.5, 0.6) is 5.75 Å². The van der Waals surface area contributed by atoms with Crippen LogP contribution in [0.15, 0.2) is 24.3 Å². The van der Waals surface area contributed by atoms with Crippen LogP contribution in [0.25, 0.3) is 0 Å². The van der Waals surface area contributed by atoms with Gasteiger partial charge in [0.05, 0.1) is 0 Å². The number of ether oxygens (including phenoxy) is 1. The molecule has 0 aliphatic rings. The van der Waals surface area contributed by atoms with Crippen molar-refractivity contribution in [2.24, 2.45) is 0 Å². The zero-order valence-corrected chi connectivity index (χ0v) is 13.1. The van der Waals surface area contributed by atoms with E-state index in [1.165, 1.54) is 5.56 Å². The number of carbonyl (C=O) groups is 1. The maximum atomic E-state index is 11.9. The SMILES string of the molecule is CNC(C)CNC(=O)C(C)Oc1cccc(C(C)C)c1. The van der Waals surface area contributed by atoms with E-state index in [-0.39, 0.29) is 11.9 Å². The molecule has 0 fully saturated rings. The van der Waals surface area contributed by atoms with Crippen LogP contribution in [-0.4, -0.2) is 31.6 Å². The Kier molecular flexibility index (Phi) is 6.52. The van der Waals surface area contributed by atoms with Crippen molar-refractivity contribution in [2.45, 2.75) is 45.8 Å². The Morgan fingerprint density at radius 2 is 1.95 bits per heavy atom. The molecule has 0 saturated carbocycles. The average Bonchev–Trinajstić information content (AvgIpc) is 2.44. The number of benzene rings is 1. The number of carbonyl (C=O) groups excluding carboxylic acids is 1. The van der Waals surface area contributed by atoms with Crippen molar-refractivity contribution in [1.82, 2.24) is 10.6 Å². The Bertz CT molecular complexity index is 432. The molecule has 2 atom stereocenters. The second-order valence-corrected chi connectivity index (χ2v) is 5.42. The molecule has 2 N–H and O–H groups in total. The highest BCUT2D eigenvalue weighted by Crippen LogP contribution is 2.20. The van der Waals surface area contributed by atoms with E-state index < -0.39 is 6.10 Å². The molecule has 1 rings (SSSR count). The molecule has 4 nitrogen and oxygen atoms in total. The van der Waals surface area contributed by atoms with Crippen molar-refractivity contribution in [3.63, 3.8) is 0 Å². The molecule has 0 bridgehead atoms. The second kappa shape index (κ2) is 7.90. The number of likely N-dealkylation sites (N-methyl/N-ethyl adjacent to an activating group) is 1. The molecule has 0 spiro atoms. The van der Waals surface area contributed by atoms with Gasteiger partial charge in [-0.15, -0.1) is 0 Å². The zero-order chi connectivity index (χ0) is 15.1. The first-order chi connectivity index (χ1) is 9.43. The van der Waals surface area contributed by atoms with Gasteiger partial charge in [0.2, 0.25) is 0 Å². The van der Waals surface area contributed by atoms with E-state index in [0.29, 0.717) is 12.5 Å². The van der Waals surface area contributed by atoms with Crippen molar-refractivity contribution in [1.29, 1.82) is 0 Å². The van der Waals surface area contributed by atoms with Gasteiger partial charge in [-0.25, -0.2) is 0 Å². The van der Waals surface area contributed by atoms with Crippen LogP contribution in [0, 0.1) is 0 Å². The molecular weight excluding hydrogens is 252 g/mol. The molecular formula is C16H26N2O2. The maximum Gasteiger partial charge on any atom is 0.260 e. The fourth-order valence-corrected chi connectivity index (χ4v) is 1.70. The normalized spacial score (nSPS) is 13.9. The lowest BCUT2D eigenvalue weighted by Crippen LogP contribution is -2.42. The first-order valence-electron chi connectivity index (χ1n) is 7.15. The van der Waals surface area contributed by atoms with E-state index in [0.717, 1.165) is 5.75 Å². The van der Waals surface area contributed by atoms with Gasteiger partial charge in [-0.3, -0.25) is 4.79 Å². The summed E-state index contributed by atoms with van der Waals surface area (Å²) in [7, 11) is 1.87. The number of nitrogens with one attached hydrogen (secondary N) is 2. The summed E-state index contributed by atoms with van der Waals surface area (Å²) in [5.41, 5.74) is 1.21. The summed E-state index contributed by atoms with van der Waals surface area (Å²) in [6.07, 6.45) is -0.499. The Morgan fingerprint density at radius 3 is 2.55 bits per heavy atom. The highest BCUT2D eigenvalue weighted by atomic mass is 16.5. The molecule has 0 aliphatic heterocycles. The quantitative estimate of drug-likeness (QED) is 0.804. The molecule has 2 unspecified atom stereocenters. The Balaban J connectivity index is 2.54. The van der Waals surface area contributed by atoms with Crippen molar-refractivity contribution in [3.8, 4) is 5.75 Å². The summed E-state index contributed by atoms with van der Waals surface area (Å²) in [4.78, 5) is 11.9. The van der Waals surface area contributed by atoms with Crippen LogP contribution < -0.4 is 15.4 Å². The third-order valence-electron chi connectivity index (χ3n) is 3.28. The summed E-state index contributed by atoms with van der Waals surface area (Å²) >= 11 is 0. The molecule has 0 aliphatic carbocycles. The Labute approximate surface area is 121 Å². The minimum Gasteiger partial charge on any atom is -0.481 e. The van der Waals surface area contributed by atoms with E-state index in [2.05, 4.69) is 30.5 Å². The summed E-state index contributed by atoms with van der Waals surface area (Å²) in [6, 6.07) is 8.14. The topological polar surface area (TPSA) is 50.4 Å². The molecule has 0 saturated heterocycles. The maximum absolute atomic E-state index is 11.9. The monoisotopic (exact) mass is 278 g/mol. The lowest BCUT2D eigenvalue weighted by Gasteiger charge is -2.17. The van der Waals surface area contributed by atoms with Gasteiger partial charge < -0.3 is 15.4 Å². The molecule has 0 aromatic heterocycles.